The highest BCUT2D eigenvalue weighted by molar-refractivity contribution is 5.89. The quantitative estimate of drug-likeness (QED) is 0.759. The molecule has 0 saturated carbocycles. The van der Waals surface area contributed by atoms with E-state index in [1.807, 2.05) is 0 Å². The fourth-order valence-corrected chi connectivity index (χ4v) is 1.93. The third-order valence-electron chi connectivity index (χ3n) is 3.12. The molecular formula is C15H18N2O6. The molecule has 124 valence electrons. The van der Waals surface area contributed by atoms with Crippen LogP contribution in [0.15, 0.2) is 24.3 Å². The zero-order valence-corrected chi connectivity index (χ0v) is 12.7. The van der Waals surface area contributed by atoms with E-state index in [0.29, 0.717) is 17.9 Å². The van der Waals surface area contributed by atoms with E-state index in [-0.39, 0.29) is 19.6 Å². The smallest absolute Gasteiger partial charge is 0.347 e. The molecule has 0 aromatic heterocycles. The summed E-state index contributed by atoms with van der Waals surface area (Å²) in [7, 11) is 1.56. The number of methoxy groups -OCH3 is 1. The van der Waals surface area contributed by atoms with E-state index in [4.69, 9.17) is 9.47 Å². The fraction of sp³-hybridized carbons (Fsp3) is 0.400. The Morgan fingerprint density at radius 2 is 2.04 bits per heavy atom. The maximum atomic E-state index is 11.7. The lowest BCUT2D eigenvalue weighted by molar-refractivity contribution is -0.160. The summed E-state index contributed by atoms with van der Waals surface area (Å²) in [6.07, 6.45) is -0.480. The molecule has 2 rings (SSSR count). The predicted molar refractivity (Wildman–Crippen MR) is 80.1 cm³/mol. The number of urea groups is 1. The Morgan fingerprint density at radius 3 is 2.65 bits per heavy atom. The molecule has 2 amide bonds. The van der Waals surface area contributed by atoms with Gasteiger partial charge in [-0.1, -0.05) is 0 Å². The number of nitrogens with one attached hydrogen (secondary N) is 2. The van der Waals surface area contributed by atoms with Gasteiger partial charge in [-0.2, -0.15) is 0 Å². The molecule has 23 heavy (non-hydrogen) atoms. The van der Waals surface area contributed by atoms with Crippen molar-refractivity contribution in [3.8, 4) is 5.75 Å². The van der Waals surface area contributed by atoms with Crippen molar-refractivity contribution in [2.24, 2.45) is 0 Å². The molecule has 1 unspecified atom stereocenters. The van der Waals surface area contributed by atoms with Crippen molar-refractivity contribution in [2.45, 2.75) is 18.9 Å². The molecule has 1 aliphatic rings. The van der Waals surface area contributed by atoms with E-state index in [1.165, 1.54) is 0 Å². The maximum absolute atomic E-state index is 11.7. The summed E-state index contributed by atoms with van der Waals surface area (Å²) in [5.41, 5.74) is 0.597. The highest BCUT2D eigenvalue weighted by Gasteiger charge is 2.29. The molecule has 8 heteroatoms. The van der Waals surface area contributed by atoms with Crippen molar-refractivity contribution in [2.75, 3.05) is 25.6 Å². The summed E-state index contributed by atoms with van der Waals surface area (Å²) in [4.78, 5) is 34.4. The van der Waals surface area contributed by atoms with Crippen LogP contribution in [0.4, 0.5) is 10.5 Å². The summed E-state index contributed by atoms with van der Waals surface area (Å²) >= 11 is 0. The first-order chi connectivity index (χ1) is 11.1. The molecule has 1 heterocycles. The van der Waals surface area contributed by atoms with Crippen LogP contribution in [0.25, 0.3) is 0 Å². The number of rotatable bonds is 6. The van der Waals surface area contributed by atoms with Gasteiger partial charge in [0.05, 0.1) is 20.1 Å². The minimum absolute atomic E-state index is 0.0280. The van der Waals surface area contributed by atoms with Gasteiger partial charge in [0.2, 0.25) is 6.10 Å². The van der Waals surface area contributed by atoms with E-state index in [2.05, 4.69) is 15.4 Å². The zero-order valence-electron chi connectivity index (χ0n) is 12.7. The summed E-state index contributed by atoms with van der Waals surface area (Å²) in [5.74, 6) is -0.397. The van der Waals surface area contributed by atoms with E-state index in [1.54, 1.807) is 31.4 Å². The average molecular weight is 322 g/mol. The lowest BCUT2D eigenvalue weighted by atomic mass is 10.3. The van der Waals surface area contributed by atoms with Gasteiger partial charge in [0, 0.05) is 18.7 Å². The van der Waals surface area contributed by atoms with E-state index in [9.17, 15) is 14.4 Å². The van der Waals surface area contributed by atoms with Crippen molar-refractivity contribution < 1.29 is 28.6 Å². The Kier molecular flexibility index (Phi) is 5.79. The number of esters is 2. The van der Waals surface area contributed by atoms with Gasteiger partial charge in [0.1, 0.15) is 5.75 Å². The van der Waals surface area contributed by atoms with Crippen LogP contribution in [0.3, 0.4) is 0 Å². The number of carbonyl (C=O) groups excluding carboxylic acids is 3. The number of hydrogen-bond acceptors (Lipinski definition) is 6. The van der Waals surface area contributed by atoms with Gasteiger partial charge >= 0.3 is 18.0 Å². The molecule has 1 aliphatic heterocycles. The first-order valence-electron chi connectivity index (χ1n) is 7.13. The summed E-state index contributed by atoms with van der Waals surface area (Å²) in [6, 6.07) is 6.38. The predicted octanol–water partition coefficient (Wildman–Crippen LogP) is 1.07. The molecule has 1 saturated heterocycles. The molecule has 1 aromatic carbocycles. The Bertz CT molecular complexity index is 572. The Labute approximate surface area is 133 Å². The minimum atomic E-state index is -0.823. The normalized spacial score (nSPS) is 16.4. The lowest BCUT2D eigenvalue weighted by Crippen LogP contribution is -2.32. The van der Waals surface area contributed by atoms with E-state index >= 15 is 0 Å². The van der Waals surface area contributed by atoms with Crippen LogP contribution in [0.1, 0.15) is 12.8 Å². The maximum Gasteiger partial charge on any atom is 0.347 e. The minimum Gasteiger partial charge on any atom is -0.497 e. The Hall–Kier alpha value is -2.77. The molecule has 8 nitrogen and oxygen atoms in total. The van der Waals surface area contributed by atoms with Crippen LogP contribution in [0.2, 0.25) is 0 Å². The second kappa shape index (κ2) is 8.02. The average Bonchev–Trinajstić information content (AvgIpc) is 2.93. The largest absolute Gasteiger partial charge is 0.497 e. The molecule has 1 atom stereocenters. The van der Waals surface area contributed by atoms with Crippen LogP contribution in [0, 0.1) is 0 Å². The molecule has 1 fully saturated rings. The van der Waals surface area contributed by atoms with Gasteiger partial charge in [-0.25, -0.2) is 9.59 Å². The second-order valence-electron chi connectivity index (χ2n) is 4.79. The van der Waals surface area contributed by atoms with Gasteiger partial charge in [-0.3, -0.25) is 4.79 Å². The van der Waals surface area contributed by atoms with Crippen LogP contribution in [-0.2, 0) is 19.1 Å². The van der Waals surface area contributed by atoms with Crippen molar-refractivity contribution in [3.05, 3.63) is 24.3 Å². The second-order valence-corrected chi connectivity index (χ2v) is 4.79. The van der Waals surface area contributed by atoms with Crippen LogP contribution in [-0.4, -0.2) is 44.3 Å². The van der Waals surface area contributed by atoms with Gasteiger partial charge in [-0.05, 0) is 24.3 Å². The molecule has 0 bridgehead atoms. The number of carbonyl (C=O) groups is 3. The molecule has 0 spiro atoms. The van der Waals surface area contributed by atoms with Crippen LogP contribution >= 0.6 is 0 Å². The number of ether oxygens (including phenoxy) is 3. The van der Waals surface area contributed by atoms with E-state index < -0.39 is 24.1 Å². The van der Waals surface area contributed by atoms with Crippen LogP contribution < -0.4 is 15.4 Å². The first-order valence-corrected chi connectivity index (χ1v) is 7.13. The zero-order chi connectivity index (χ0) is 16.7. The van der Waals surface area contributed by atoms with Gasteiger partial charge in [0.25, 0.3) is 0 Å². The summed E-state index contributed by atoms with van der Waals surface area (Å²) in [5, 5.41) is 5.14. The highest BCUT2D eigenvalue weighted by atomic mass is 16.6. The number of hydrogen-bond donors (Lipinski definition) is 2. The van der Waals surface area contributed by atoms with Gasteiger partial charge in [0.15, 0.2) is 0 Å². The third kappa shape index (κ3) is 5.17. The van der Waals surface area contributed by atoms with Crippen molar-refractivity contribution in [3.63, 3.8) is 0 Å². The molecule has 2 N–H and O–H groups in total. The Balaban J connectivity index is 1.65. The van der Waals surface area contributed by atoms with Crippen molar-refractivity contribution >= 4 is 23.7 Å². The molecule has 0 radical (unpaired) electrons. The number of benzene rings is 1. The highest BCUT2D eigenvalue weighted by Crippen LogP contribution is 2.14. The topological polar surface area (TPSA) is 103 Å². The monoisotopic (exact) mass is 322 g/mol. The summed E-state index contributed by atoms with van der Waals surface area (Å²) < 4.78 is 14.7. The Morgan fingerprint density at radius 1 is 1.30 bits per heavy atom. The SMILES string of the molecule is COc1ccc(NC(=O)NCCC(=O)OC2CCOC2=O)cc1. The van der Waals surface area contributed by atoms with Gasteiger partial charge < -0.3 is 24.8 Å². The van der Waals surface area contributed by atoms with Crippen LogP contribution in [0.5, 0.6) is 5.75 Å². The van der Waals surface area contributed by atoms with E-state index in [0.717, 1.165) is 0 Å². The lowest BCUT2D eigenvalue weighted by Gasteiger charge is -2.10. The molecular weight excluding hydrogens is 304 g/mol. The van der Waals surface area contributed by atoms with Gasteiger partial charge in [-0.15, -0.1) is 0 Å². The standard InChI is InChI=1S/C15H18N2O6/c1-21-11-4-2-10(3-5-11)17-15(20)16-8-6-13(18)23-12-7-9-22-14(12)19/h2-5,12H,6-9H2,1H3,(H2,16,17,20). The molecule has 1 aromatic rings. The molecule has 0 aliphatic carbocycles. The van der Waals surface area contributed by atoms with Crippen molar-refractivity contribution in [1.29, 1.82) is 0 Å². The number of anilines is 1. The summed E-state index contributed by atoms with van der Waals surface area (Å²) in [6.45, 7) is 0.363. The first kappa shape index (κ1) is 16.6. The number of amides is 2. The number of cyclic esters (lactones) is 1. The fourth-order valence-electron chi connectivity index (χ4n) is 1.93. The third-order valence-corrected chi connectivity index (χ3v) is 3.12. The van der Waals surface area contributed by atoms with Crippen molar-refractivity contribution in [1.82, 2.24) is 5.32 Å².